The second kappa shape index (κ2) is 4.35. The summed E-state index contributed by atoms with van der Waals surface area (Å²) < 4.78 is 1.67. The van der Waals surface area contributed by atoms with Gasteiger partial charge in [-0.2, -0.15) is 0 Å². The molecule has 0 bridgehead atoms. The average molecular weight is 250 g/mol. The van der Waals surface area contributed by atoms with Gasteiger partial charge in [-0.15, -0.1) is 0 Å². The van der Waals surface area contributed by atoms with Crippen molar-refractivity contribution in [3.05, 3.63) is 65.5 Å². The van der Waals surface area contributed by atoms with Crippen LogP contribution in [0.2, 0.25) is 0 Å². The van der Waals surface area contributed by atoms with E-state index >= 15 is 0 Å². The fraction of sp³-hybridized carbons (Fsp3) is 0.125. The van der Waals surface area contributed by atoms with Crippen LogP contribution < -0.4 is 0 Å². The van der Waals surface area contributed by atoms with Gasteiger partial charge in [0.1, 0.15) is 5.82 Å². The lowest BCUT2D eigenvalue weighted by Gasteiger charge is -2.05. The smallest absolute Gasteiger partial charge is 0.263 e. The first-order valence-electron chi connectivity index (χ1n) is 6.22. The molecule has 0 amide bonds. The van der Waals surface area contributed by atoms with E-state index in [1.54, 1.807) is 4.57 Å². The maximum absolute atomic E-state index is 12.6. The molecule has 0 N–H and O–H groups in total. The molecule has 2 aromatic carbocycles. The molecule has 3 heteroatoms. The summed E-state index contributed by atoms with van der Waals surface area (Å²) in [5, 5.41) is 0. The lowest BCUT2D eigenvalue weighted by Crippen LogP contribution is -2.13. The van der Waals surface area contributed by atoms with Gasteiger partial charge in [-0.25, -0.2) is 4.98 Å². The van der Waals surface area contributed by atoms with Crippen molar-refractivity contribution in [1.29, 1.82) is 0 Å². The Labute approximate surface area is 111 Å². The number of nitrogens with zero attached hydrogens (tertiary/aromatic N) is 2. The molecule has 1 aromatic heterocycles. The number of carbonyl (C=O) groups is 1. The molecular weight excluding hydrogens is 236 g/mol. The summed E-state index contributed by atoms with van der Waals surface area (Å²) in [4.78, 5) is 17.0. The van der Waals surface area contributed by atoms with E-state index in [4.69, 9.17) is 0 Å². The molecule has 0 fully saturated rings. The van der Waals surface area contributed by atoms with Crippen molar-refractivity contribution < 1.29 is 4.79 Å². The van der Waals surface area contributed by atoms with Crippen molar-refractivity contribution in [3.63, 3.8) is 0 Å². The summed E-state index contributed by atoms with van der Waals surface area (Å²) in [6.45, 7) is 3.86. The van der Waals surface area contributed by atoms with Gasteiger partial charge >= 0.3 is 0 Å². The van der Waals surface area contributed by atoms with E-state index < -0.39 is 0 Å². The Kier molecular flexibility index (Phi) is 2.67. The van der Waals surface area contributed by atoms with E-state index in [1.807, 2.05) is 62.4 Å². The van der Waals surface area contributed by atoms with Gasteiger partial charge in [0.15, 0.2) is 0 Å². The van der Waals surface area contributed by atoms with Crippen molar-refractivity contribution in [2.24, 2.45) is 0 Å². The van der Waals surface area contributed by atoms with Gasteiger partial charge in [0.25, 0.3) is 5.91 Å². The van der Waals surface area contributed by atoms with Gasteiger partial charge in [0.2, 0.25) is 0 Å². The van der Waals surface area contributed by atoms with Gasteiger partial charge in [-0.1, -0.05) is 29.8 Å². The number of para-hydroxylation sites is 2. The Balaban J connectivity index is 2.16. The van der Waals surface area contributed by atoms with Gasteiger partial charge in [-0.3, -0.25) is 9.36 Å². The molecule has 94 valence electrons. The molecule has 0 saturated heterocycles. The van der Waals surface area contributed by atoms with E-state index in [2.05, 4.69) is 4.98 Å². The molecular formula is C16H14N2O. The summed E-state index contributed by atoms with van der Waals surface area (Å²) in [6.07, 6.45) is 0. The molecule has 0 aliphatic carbocycles. The maximum Gasteiger partial charge on any atom is 0.263 e. The molecule has 0 radical (unpaired) electrons. The summed E-state index contributed by atoms with van der Waals surface area (Å²) in [5.41, 5.74) is 3.52. The number of aryl methyl sites for hydroxylation is 2. The van der Waals surface area contributed by atoms with Crippen LogP contribution in [0.4, 0.5) is 0 Å². The first-order valence-corrected chi connectivity index (χ1v) is 6.22. The predicted octanol–water partition coefficient (Wildman–Crippen LogP) is 3.34. The first kappa shape index (κ1) is 11.7. The lowest BCUT2D eigenvalue weighted by molar-refractivity contribution is 0.0962. The van der Waals surface area contributed by atoms with E-state index in [-0.39, 0.29) is 5.91 Å². The van der Waals surface area contributed by atoms with E-state index in [1.165, 1.54) is 0 Å². The highest BCUT2D eigenvalue weighted by molar-refractivity contribution is 6.01. The minimum Gasteiger partial charge on any atom is -0.268 e. The third-order valence-electron chi connectivity index (χ3n) is 3.23. The number of aromatic nitrogens is 2. The fourth-order valence-electron chi connectivity index (χ4n) is 2.23. The predicted molar refractivity (Wildman–Crippen MR) is 75.4 cm³/mol. The van der Waals surface area contributed by atoms with Gasteiger partial charge in [-0.05, 0) is 38.1 Å². The average Bonchev–Trinajstić information content (AvgIpc) is 2.74. The molecule has 0 aliphatic rings. The lowest BCUT2D eigenvalue weighted by atomic mass is 10.1. The van der Waals surface area contributed by atoms with Crippen LogP contribution in [-0.2, 0) is 0 Å². The minimum absolute atomic E-state index is 0.0359. The fourth-order valence-corrected chi connectivity index (χ4v) is 2.23. The zero-order valence-corrected chi connectivity index (χ0v) is 10.9. The highest BCUT2D eigenvalue weighted by atomic mass is 16.2. The first-order chi connectivity index (χ1) is 9.16. The second-order valence-electron chi connectivity index (χ2n) is 4.65. The van der Waals surface area contributed by atoms with Crippen molar-refractivity contribution in [1.82, 2.24) is 9.55 Å². The molecule has 3 nitrogen and oxygen atoms in total. The number of rotatable bonds is 1. The van der Waals surface area contributed by atoms with Crippen LogP contribution in [0.25, 0.3) is 11.0 Å². The van der Waals surface area contributed by atoms with Crippen LogP contribution in [0.5, 0.6) is 0 Å². The van der Waals surface area contributed by atoms with E-state index in [0.717, 1.165) is 16.6 Å². The quantitative estimate of drug-likeness (QED) is 0.664. The van der Waals surface area contributed by atoms with Gasteiger partial charge in [0.05, 0.1) is 11.0 Å². The third kappa shape index (κ3) is 1.93. The molecule has 0 spiro atoms. The van der Waals surface area contributed by atoms with E-state index in [9.17, 15) is 4.79 Å². The maximum atomic E-state index is 12.6. The standard InChI is InChI=1S/C16H14N2O/c1-11-7-9-13(10-8-11)16(19)18-12(2)17-14-5-3-4-6-15(14)18/h3-10H,1-2H3. The monoisotopic (exact) mass is 250 g/mol. The SMILES string of the molecule is Cc1ccc(C(=O)n2c(C)nc3ccccc32)cc1. The highest BCUT2D eigenvalue weighted by Crippen LogP contribution is 2.17. The second-order valence-corrected chi connectivity index (χ2v) is 4.65. The molecule has 3 aromatic rings. The number of benzene rings is 2. The Hall–Kier alpha value is -2.42. The van der Waals surface area contributed by atoms with Crippen LogP contribution in [0, 0.1) is 13.8 Å². The molecule has 0 atom stereocenters. The summed E-state index contributed by atoms with van der Waals surface area (Å²) in [6, 6.07) is 15.3. The summed E-state index contributed by atoms with van der Waals surface area (Å²) >= 11 is 0. The van der Waals surface area contributed by atoms with Crippen molar-refractivity contribution in [3.8, 4) is 0 Å². The normalized spacial score (nSPS) is 10.8. The zero-order valence-electron chi connectivity index (χ0n) is 10.9. The van der Waals surface area contributed by atoms with Crippen LogP contribution in [0.3, 0.4) is 0 Å². The van der Waals surface area contributed by atoms with Crippen molar-refractivity contribution in [2.75, 3.05) is 0 Å². The van der Waals surface area contributed by atoms with Crippen molar-refractivity contribution >= 4 is 16.9 Å². The Morgan fingerprint density at radius 3 is 2.42 bits per heavy atom. The number of hydrogen-bond acceptors (Lipinski definition) is 2. The largest absolute Gasteiger partial charge is 0.268 e. The van der Waals surface area contributed by atoms with Crippen LogP contribution in [0.1, 0.15) is 21.7 Å². The van der Waals surface area contributed by atoms with Gasteiger partial charge < -0.3 is 0 Å². The topological polar surface area (TPSA) is 34.9 Å². The Morgan fingerprint density at radius 2 is 1.68 bits per heavy atom. The highest BCUT2D eigenvalue weighted by Gasteiger charge is 2.15. The molecule has 0 unspecified atom stereocenters. The number of fused-ring (bicyclic) bond motifs is 1. The van der Waals surface area contributed by atoms with E-state index in [0.29, 0.717) is 11.4 Å². The summed E-state index contributed by atoms with van der Waals surface area (Å²) in [5.74, 6) is 0.679. The summed E-state index contributed by atoms with van der Waals surface area (Å²) in [7, 11) is 0. The van der Waals surface area contributed by atoms with Crippen molar-refractivity contribution in [2.45, 2.75) is 13.8 Å². The Bertz CT molecular complexity index is 754. The zero-order chi connectivity index (χ0) is 13.4. The molecule has 0 aliphatic heterocycles. The number of hydrogen-bond donors (Lipinski definition) is 0. The van der Waals surface area contributed by atoms with Crippen LogP contribution in [-0.4, -0.2) is 15.5 Å². The number of carbonyl (C=O) groups excluding carboxylic acids is 1. The number of imidazole rings is 1. The minimum atomic E-state index is -0.0359. The molecule has 19 heavy (non-hydrogen) atoms. The van der Waals surface area contributed by atoms with Crippen LogP contribution in [0.15, 0.2) is 48.5 Å². The molecule has 3 rings (SSSR count). The Morgan fingerprint density at radius 1 is 1.00 bits per heavy atom. The molecule has 1 heterocycles. The molecule has 0 saturated carbocycles. The van der Waals surface area contributed by atoms with Crippen LogP contribution >= 0.6 is 0 Å². The third-order valence-corrected chi connectivity index (χ3v) is 3.23. The van der Waals surface area contributed by atoms with Gasteiger partial charge in [0, 0.05) is 5.56 Å².